The third-order valence-corrected chi connectivity index (χ3v) is 4.25. The molecule has 1 saturated carbocycles. The van der Waals surface area contributed by atoms with Crippen LogP contribution in [0, 0.1) is 29.4 Å². The number of anilines is 1. The van der Waals surface area contributed by atoms with E-state index >= 15 is 0 Å². The number of hydrogen-bond acceptors (Lipinski definition) is 2. The van der Waals surface area contributed by atoms with Crippen molar-refractivity contribution in [1.82, 2.24) is 4.98 Å². The molecular weight excluding hydrogens is 260 g/mol. The number of aromatic nitrogens is 1. The summed E-state index contributed by atoms with van der Waals surface area (Å²) in [5.74, 6) is -5.55. The van der Waals surface area contributed by atoms with Gasteiger partial charge in [-0.25, -0.2) is 0 Å². The van der Waals surface area contributed by atoms with Crippen molar-refractivity contribution in [2.24, 2.45) is 5.92 Å². The lowest BCUT2D eigenvalue weighted by molar-refractivity contribution is 0.344. The highest BCUT2D eigenvalue weighted by Gasteiger charge is 2.38. The summed E-state index contributed by atoms with van der Waals surface area (Å²) < 4.78 is 54.0. The van der Waals surface area contributed by atoms with Crippen LogP contribution in [0.25, 0.3) is 0 Å². The number of pyridine rings is 1. The lowest BCUT2D eigenvalue weighted by atomic mass is 9.91. The van der Waals surface area contributed by atoms with Crippen LogP contribution in [0.3, 0.4) is 0 Å². The predicted octanol–water partition coefficient (Wildman–Crippen LogP) is 3.41. The van der Waals surface area contributed by atoms with E-state index in [2.05, 4.69) is 4.98 Å². The van der Waals surface area contributed by atoms with Crippen LogP contribution < -0.4 is 4.90 Å². The second-order valence-electron chi connectivity index (χ2n) is 5.26. The van der Waals surface area contributed by atoms with Crippen molar-refractivity contribution in [3.05, 3.63) is 23.5 Å². The number of piperidine rings is 1. The van der Waals surface area contributed by atoms with E-state index in [1.54, 1.807) is 0 Å². The van der Waals surface area contributed by atoms with Gasteiger partial charge in [-0.05, 0) is 31.6 Å². The Kier molecular flexibility index (Phi) is 3.11. The molecule has 0 N–H and O–H groups in total. The first-order valence-electron chi connectivity index (χ1n) is 6.56. The lowest BCUT2D eigenvalue weighted by Crippen LogP contribution is -2.44. The van der Waals surface area contributed by atoms with E-state index in [0.717, 1.165) is 32.1 Å². The Morgan fingerprint density at radius 1 is 0.895 bits per heavy atom. The molecule has 0 amide bonds. The third kappa shape index (κ3) is 1.97. The molecule has 3 rings (SSSR count). The Bertz CT molecular complexity index is 480. The molecule has 6 heteroatoms. The van der Waals surface area contributed by atoms with Gasteiger partial charge < -0.3 is 4.90 Å². The maximum atomic E-state index is 13.8. The molecular formula is C13H14F4N2. The maximum Gasteiger partial charge on any atom is 0.253 e. The number of fused-ring (bicyclic) bond motifs is 1. The van der Waals surface area contributed by atoms with Gasteiger partial charge in [-0.15, -0.1) is 0 Å². The summed E-state index contributed by atoms with van der Waals surface area (Å²) in [7, 11) is 0. The van der Waals surface area contributed by atoms with E-state index in [-0.39, 0.29) is 6.04 Å². The van der Waals surface area contributed by atoms with Crippen molar-refractivity contribution in [3.63, 3.8) is 0 Å². The summed E-state index contributed by atoms with van der Waals surface area (Å²) in [4.78, 5) is 4.10. The third-order valence-electron chi connectivity index (χ3n) is 4.25. The van der Waals surface area contributed by atoms with Crippen LogP contribution in [0.1, 0.15) is 32.1 Å². The standard InChI is InChI=1S/C13H14F4N2/c14-9-11(10(15)13(17)18-12(9)16)19-6-2-4-7-3-1-5-8(7)19/h7-8H,1-6H2. The van der Waals surface area contributed by atoms with E-state index < -0.39 is 29.2 Å². The van der Waals surface area contributed by atoms with Crippen LogP contribution in [-0.2, 0) is 0 Å². The summed E-state index contributed by atoms with van der Waals surface area (Å²) in [6.45, 7) is 0.428. The zero-order valence-corrected chi connectivity index (χ0v) is 10.3. The quantitative estimate of drug-likeness (QED) is 0.576. The van der Waals surface area contributed by atoms with Crippen molar-refractivity contribution in [2.45, 2.75) is 38.1 Å². The van der Waals surface area contributed by atoms with Gasteiger partial charge >= 0.3 is 0 Å². The van der Waals surface area contributed by atoms with Gasteiger partial charge in [0.2, 0.25) is 11.6 Å². The Morgan fingerprint density at radius 2 is 1.53 bits per heavy atom. The van der Waals surface area contributed by atoms with E-state index in [0.29, 0.717) is 12.5 Å². The molecule has 2 unspecified atom stereocenters. The van der Waals surface area contributed by atoms with Crippen LogP contribution in [-0.4, -0.2) is 17.6 Å². The minimum atomic E-state index is -1.57. The van der Waals surface area contributed by atoms with Crippen LogP contribution in [0.2, 0.25) is 0 Å². The maximum absolute atomic E-state index is 13.8. The molecule has 2 aliphatic rings. The minimum absolute atomic E-state index is 0.0149. The van der Waals surface area contributed by atoms with Crippen molar-refractivity contribution < 1.29 is 17.6 Å². The molecule has 2 heterocycles. The number of halogens is 4. The number of rotatable bonds is 1. The minimum Gasteiger partial charge on any atom is -0.363 e. The Balaban J connectivity index is 2.06. The van der Waals surface area contributed by atoms with E-state index in [9.17, 15) is 17.6 Å². The summed E-state index contributed by atoms with van der Waals surface area (Å²) in [6, 6.07) is -0.0149. The number of hydrogen-bond donors (Lipinski definition) is 0. The van der Waals surface area contributed by atoms with Gasteiger partial charge in [0.25, 0.3) is 11.9 Å². The van der Waals surface area contributed by atoms with Crippen molar-refractivity contribution in [2.75, 3.05) is 11.4 Å². The van der Waals surface area contributed by atoms with Gasteiger partial charge in [0, 0.05) is 12.6 Å². The number of nitrogens with zero attached hydrogens (tertiary/aromatic N) is 2. The van der Waals surface area contributed by atoms with Crippen LogP contribution in [0.15, 0.2) is 0 Å². The molecule has 2 nitrogen and oxygen atoms in total. The van der Waals surface area contributed by atoms with Crippen molar-refractivity contribution in [3.8, 4) is 0 Å². The molecule has 1 aromatic rings. The highest BCUT2D eigenvalue weighted by Crippen LogP contribution is 2.41. The smallest absolute Gasteiger partial charge is 0.253 e. The molecule has 0 aromatic carbocycles. The highest BCUT2D eigenvalue weighted by molar-refractivity contribution is 5.50. The zero-order chi connectivity index (χ0) is 13.6. The van der Waals surface area contributed by atoms with Crippen LogP contribution in [0.5, 0.6) is 0 Å². The first-order chi connectivity index (χ1) is 9.09. The van der Waals surface area contributed by atoms with Gasteiger partial charge in [-0.2, -0.15) is 22.5 Å². The van der Waals surface area contributed by atoms with Crippen LogP contribution in [0.4, 0.5) is 23.2 Å². The monoisotopic (exact) mass is 274 g/mol. The van der Waals surface area contributed by atoms with E-state index in [1.165, 1.54) is 4.90 Å². The predicted molar refractivity (Wildman–Crippen MR) is 61.8 cm³/mol. The molecule has 2 atom stereocenters. The highest BCUT2D eigenvalue weighted by atomic mass is 19.2. The second-order valence-corrected chi connectivity index (χ2v) is 5.26. The molecule has 104 valence electrons. The second kappa shape index (κ2) is 4.65. The Morgan fingerprint density at radius 3 is 2.21 bits per heavy atom. The molecule has 19 heavy (non-hydrogen) atoms. The topological polar surface area (TPSA) is 16.1 Å². The van der Waals surface area contributed by atoms with Gasteiger partial charge in [0.15, 0.2) is 0 Å². The Labute approximate surface area is 108 Å². The largest absolute Gasteiger partial charge is 0.363 e. The molecule has 1 aromatic heterocycles. The van der Waals surface area contributed by atoms with E-state index in [1.807, 2.05) is 0 Å². The zero-order valence-electron chi connectivity index (χ0n) is 10.3. The van der Waals surface area contributed by atoms with Gasteiger partial charge in [0.1, 0.15) is 5.69 Å². The first kappa shape index (κ1) is 12.7. The molecule has 1 aliphatic heterocycles. The first-order valence-corrected chi connectivity index (χ1v) is 6.56. The molecule has 0 radical (unpaired) electrons. The SMILES string of the molecule is Fc1nc(F)c(F)c(N2CCCC3CCCC32)c1F. The molecule has 0 spiro atoms. The summed E-state index contributed by atoms with van der Waals surface area (Å²) >= 11 is 0. The molecule has 1 aliphatic carbocycles. The lowest BCUT2D eigenvalue weighted by Gasteiger charge is -2.39. The fourth-order valence-corrected chi connectivity index (χ4v) is 3.46. The molecule has 0 bridgehead atoms. The van der Waals surface area contributed by atoms with Gasteiger partial charge in [-0.3, -0.25) is 0 Å². The summed E-state index contributed by atoms with van der Waals surface area (Å²) in [6.07, 6.45) is 4.62. The van der Waals surface area contributed by atoms with Crippen molar-refractivity contribution >= 4 is 5.69 Å². The fraction of sp³-hybridized carbons (Fsp3) is 0.615. The van der Waals surface area contributed by atoms with Gasteiger partial charge in [-0.1, -0.05) is 6.42 Å². The summed E-state index contributed by atoms with van der Waals surface area (Å²) in [5.41, 5.74) is -0.582. The fourth-order valence-electron chi connectivity index (χ4n) is 3.46. The van der Waals surface area contributed by atoms with Crippen molar-refractivity contribution in [1.29, 1.82) is 0 Å². The normalized spacial score (nSPS) is 26.6. The average molecular weight is 274 g/mol. The Hall–Kier alpha value is -1.33. The average Bonchev–Trinajstić information content (AvgIpc) is 2.86. The summed E-state index contributed by atoms with van der Waals surface area (Å²) in [5, 5.41) is 0. The van der Waals surface area contributed by atoms with E-state index in [4.69, 9.17) is 0 Å². The van der Waals surface area contributed by atoms with Gasteiger partial charge in [0.05, 0.1) is 0 Å². The van der Waals surface area contributed by atoms with Crippen LogP contribution >= 0.6 is 0 Å². The molecule has 2 fully saturated rings. The molecule has 1 saturated heterocycles.